The third-order valence-corrected chi connectivity index (χ3v) is 5.68. The third-order valence-electron chi connectivity index (χ3n) is 5.68. The lowest BCUT2D eigenvalue weighted by Gasteiger charge is -2.15. The number of benzene rings is 2. The van der Waals surface area contributed by atoms with Gasteiger partial charge in [-0.1, -0.05) is 74.5 Å². The van der Waals surface area contributed by atoms with Crippen LogP contribution in [0.5, 0.6) is 0 Å². The van der Waals surface area contributed by atoms with Crippen molar-refractivity contribution in [3.8, 4) is 0 Å². The molecule has 0 bridgehead atoms. The molecule has 3 aromatic heterocycles. The zero-order valence-corrected chi connectivity index (χ0v) is 21.0. The molecule has 176 valence electrons. The fourth-order valence-corrected chi connectivity index (χ4v) is 3.82. The molecular formula is C31H37N3. The molecule has 2 aromatic carbocycles. The van der Waals surface area contributed by atoms with Gasteiger partial charge in [-0.2, -0.15) is 0 Å². The average Bonchev–Trinajstić information content (AvgIpc) is 3.60. The Morgan fingerprint density at radius 2 is 1.00 bits per heavy atom. The van der Waals surface area contributed by atoms with E-state index in [1.165, 1.54) is 39.6 Å². The summed E-state index contributed by atoms with van der Waals surface area (Å²) < 4.78 is 0. The summed E-state index contributed by atoms with van der Waals surface area (Å²) in [5.41, 5.74) is 8.77. The molecule has 5 aromatic rings. The van der Waals surface area contributed by atoms with Crippen molar-refractivity contribution in [3.05, 3.63) is 143 Å². The number of aromatic nitrogens is 3. The smallest absolute Gasteiger partial charge is 0.0641 e. The highest BCUT2D eigenvalue weighted by Gasteiger charge is 2.18. The topological polar surface area (TPSA) is 47.4 Å². The van der Waals surface area contributed by atoms with Gasteiger partial charge in [0.25, 0.3) is 0 Å². The highest BCUT2D eigenvalue weighted by Crippen LogP contribution is 2.30. The number of hydrogen-bond acceptors (Lipinski definition) is 0. The van der Waals surface area contributed by atoms with Crippen molar-refractivity contribution >= 4 is 0 Å². The maximum Gasteiger partial charge on any atom is 0.0641 e. The average molecular weight is 452 g/mol. The van der Waals surface area contributed by atoms with Crippen LogP contribution < -0.4 is 0 Å². The van der Waals surface area contributed by atoms with Gasteiger partial charge in [0.1, 0.15) is 0 Å². The lowest BCUT2D eigenvalue weighted by molar-refractivity contribution is 0.867. The largest absolute Gasteiger partial charge is 0.365 e. The summed E-state index contributed by atoms with van der Waals surface area (Å²) in [6.07, 6.45) is 1.91. The Bertz CT molecular complexity index is 1160. The summed E-state index contributed by atoms with van der Waals surface area (Å²) in [4.78, 5) is 9.92. The Hall–Kier alpha value is -3.72. The molecular weight excluding hydrogens is 414 g/mol. The van der Waals surface area contributed by atoms with Gasteiger partial charge in [0, 0.05) is 34.7 Å². The molecule has 0 fully saturated rings. The molecule has 0 unspecified atom stereocenters. The number of H-pyrrole nitrogens is 3. The van der Waals surface area contributed by atoms with Gasteiger partial charge in [-0.3, -0.25) is 0 Å². The summed E-state index contributed by atoms with van der Waals surface area (Å²) in [5, 5.41) is 0. The fourth-order valence-electron chi connectivity index (χ4n) is 3.82. The van der Waals surface area contributed by atoms with Crippen molar-refractivity contribution in [3.63, 3.8) is 0 Å². The van der Waals surface area contributed by atoms with E-state index in [-0.39, 0.29) is 5.92 Å². The van der Waals surface area contributed by atoms with E-state index < -0.39 is 0 Å². The molecule has 0 spiro atoms. The predicted molar refractivity (Wildman–Crippen MR) is 145 cm³/mol. The molecule has 3 N–H and O–H groups in total. The molecule has 0 amide bonds. The molecule has 3 nitrogen and oxygen atoms in total. The van der Waals surface area contributed by atoms with Crippen molar-refractivity contribution in [2.24, 2.45) is 0 Å². The first-order chi connectivity index (χ1) is 16.4. The van der Waals surface area contributed by atoms with Crippen molar-refractivity contribution in [1.29, 1.82) is 0 Å². The van der Waals surface area contributed by atoms with Crippen LogP contribution in [0, 0.1) is 20.8 Å². The summed E-state index contributed by atoms with van der Waals surface area (Å²) in [7, 11) is 0. The summed E-state index contributed by atoms with van der Waals surface area (Å²) in [6.45, 7) is 10.6. The first-order valence-electron chi connectivity index (χ1n) is 11.9. The van der Waals surface area contributed by atoms with E-state index in [0.717, 1.165) is 0 Å². The van der Waals surface area contributed by atoms with Crippen molar-refractivity contribution in [2.45, 2.75) is 46.5 Å². The lowest BCUT2D eigenvalue weighted by atomic mass is 9.93. The van der Waals surface area contributed by atoms with Gasteiger partial charge >= 0.3 is 0 Å². The number of nitrogens with one attached hydrogen (secondary N) is 3. The van der Waals surface area contributed by atoms with Crippen LogP contribution in [0.15, 0.2) is 103 Å². The molecule has 0 aliphatic heterocycles. The van der Waals surface area contributed by atoms with E-state index in [1.54, 1.807) is 0 Å². The first kappa shape index (κ1) is 24.9. The van der Waals surface area contributed by atoms with Crippen LogP contribution in [-0.2, 0) is 0 Å². The second-order valence-electron chi connectivity index (χ2n) is 8.96. The zero-order valence-electron chi connectivity index (χ0n) is 21.0. The van der Waals surface area contributed by atoms with Crippen LogP contribution in [-0.4, -0.2) is 15.0 Å². The highest BCUT2D eigenvalue weighted by molar-refractivity contribution is 5.39. The number of rotatable bonds is 4. The fraction of sp³-hybridized carbons (Fsp3) is 0.226. The second kappa shape index (κ2) is 12.5. The van der Waals surface area contributed by atoms with E-state index >= 15 is 0 Å². The van der Waals surface area contributed by atoms with Gasteiger partial charge in [0.05, 0.1) is 5.92 Å². The minimum Gasteiger partial charge on any atom is -0.365 e. The first-order valence-corrected chi connectivity index (χ1v) is 11.9. The molecule has 0 saturated heterocycles. The van der Waals surface area contributed by atoms with Crippen LogP contribution in [0.3, 0.4) is 0 Å². The molecule has 0 aliphatic carbocycles. The number of aryl methyl sites for hydroxylation is 3. The second-order valence-corrected chi connectivity index (χ2v) is 8.96. The molecule has 0 aliphatic rings. The minimum atomic E-state index is 0.239. The van der Waals surface area contributed by atoms with E-state index in [9.17, 15) is 0 Å². The Labute approximate surface area is 204 Å². The van der Waals surface area contributed by atoms with Crippen molar-refractivity contribution in [1.82, 2.24) is 15.0 Å². The van der Waals surface area contributed by atoms with Gasteiger partial charge in [-0.25, -0.2) is 0 Å². The molecule has 0 atom stereocenters. The van der Waals surface area contributed by atoms with Gasteiger partial charge < -0.3 is 15.0 Å². The summed E-state index contributed by atoms with van der Waals surface area (Å²) in [6, 6.07) is 33.7. The van der Waals surface area contributed by atoms with E-state index in [1.807, 2.05) is 31.3 Å². The SMILES string of the molecule is CC(C)c1ccccc1.Cc1ccc(C(c2ccccc2)c2ccc(C)[nH]2)[nH]1.Cc1ccc[nH]1. The Kier molecular flexibility index (Phi) is 9.16. The minimum absolute atomic E-state index is 0.239. The molecule has 3 heterocycles. The highest BCUT2D eigenvalue weighted by atomic mass is 14.8. The van der Waals surface area contributed by atoms with E-state index in [0.29, 0.717) is 5.92 Å². The Morgan fingerprint density at radius 3 is 1.29 bits per heavy atom. The summed E-state index contributed by atoms with van der Waals surface area (Å²) in [5.74, 6) is 0.898. The monoisotopic (exact) mass is 451 g/mol. The molecule has 0 radical (unpaired) electrons. The third kappa shape index (κ3) is 7.41. The molecule has 34 heavy (non-hydrogen) atoms. The zero-order chi connectivity index (χ0) is 24.3. The van der Waals surface area contributed by atoms with Crippen LogP contribution >= 0.6 is 0 Å². The van der Waals surface area contributed by atoms with Crippen LogP contribution in [0.1, 0.15) is 65.3 Å². The van der Waals surface area contributed by atoms with E-state index in [4.69, 9.17) is 0 Å². The standard InChI is InChI=1S/C17H18N2.C9H12.C5H7N/c1-12-8-10-15(18-12)17(14-6-4-3-5-7-14)16-11-9-13(2)19-16;1-8(2)9-6-4-3-5-7-9;1-5-3-2-4-6-5/h3-11,17-19H,1-2H3;3-8H,1-2H3;2-4,6H,1H3. The van der Waals surface area contributed by atoms with Gasteiger partial charge in [0.2, 0.25) is 0 Å². The van der Waals surface area contributed by atoms with Gasteiger partial charge in [-0.05, 0) is 74.2 Å². The summed E-state index contributed by atoms with van der Waals surface area (Å²) >= 11 is 0. The Morgan fingerprint density at radius 1 is 0.500 bits per heavy atom. The van der Waals surface area contributed by atoms with Crippen molar-refractivity contribution < 1.29 is 0 Å². The van der Waals surface area contributed by atoms with Gasteiger partial charge in [-0.15, -0.1) is 0 Å². The lowest BCUT2D eigenvalue weighted by Crippen LogP contribution is -2.04. The van der Waals surface area contributed by atoms with Gasteiger partial charge in [0.15, 0.2) is 0 Å². The molecule has 3 heteroatoms. The normalized spacial score (nSPS) is 10.4. The molecule has 5 rings (SSSR count). The van der Waals surface area contributed by atoms with Crippen LogP contribution in [0.4, 0.5) is 0 Å². The van der Waals surface area contributed by atoms with E-state index in [2.05, 4.69) is 122 Å². The maximum atomic E-state index is 3.46. The number of aromatic amines is 3. The maximum absolute atomic E-state index is 3.46. The van der Waals surface area contributed by atoms with Crippen LogP contribution in [0.25, 0.3) is 0 Å². The van der Waals surface area contributed by atoms with Crippen LogP contribution in [0.2, 0.25) is 0 Å². The van der Waals surface area contributed by atoms with Crippen molar-refractivity contribution in [2.75, 3.05) is 0 Å². The number of hydrogen-bond donors (Lipinski definition) is 3. The Balaban J connectivity index is 0.000000178. The molecule has 0 saturated carbocycles. The quantitative estimate of drug-likeness (QED) is 0.246. The predicted octanol–water partition coefficient (Wildman–Crippen LogP) is 8.27.